The predicted molar refractivity (Wildman–Crippen MR) is 46.1 cm³/mol. The van der Waals surface area contributed by atoms with E-state index in [-0.39, 0.29) is 5.54 Å². The number of halogens is 2. The van der Waals surface area contributed by atoms with E-state index >= 15 is 0 Å². The first-order chi connectivity index (χ1) is 4.18. The molecule has 0 saturated carbocycles. The van der Waals surface area contributed by atoms with Crippen molar-refractivity contribution in [3.63, 3.8) is 0 Å². The lowest BCUT2D eigenvalue weighted by Gasteiger charge is -1.94. The highest BCUT2D eigenvalue weighted by Crippen LogP contribution is 2.09. The highest BCUT2D eigenvalue weighted by Gasteiger charge is 2.05. The van der Waals surface area contributed by atoms with Crippen LogP contribution in [0.5, 0.6) is 0 Å². The van der Waals surface area contributed by atoms with Gasteiger partial charge in [0, 0.05) is 0 Å². The lowest BCUT2D eigenvalue weighted by molar-refractivity contribution is 0.955. The van der Waals surface area contributed by atoms with Gasteiger partial charge < -0.3 is 0 Å². The average molecular weight is 165 g/mol. The fraction of sp³-hybridized carbons (Fsp3) is 0.667. The van der Waals surface area contributed by atoms with E-state index in [0.717, 1.165) is 18.3 Å². The minimum atomic E-state index is -0.323. The van der Waals surface area contributed by atoms with Crippen LogP contribution in [-0.4, -0.2) is 5.54 Å². The topological polar surface area (TPSA) is 0 Å². The SMILES string of the molecule is CCC/C=C(\C)B(Cl)Cl. The van der Waals surface area contributed by atoms with Crippen LogP contribution < -0.4 is 0 Å². The van der Waals surface area contributed by atoms with Crippen LogP contribution in [0.25, 0.3) is 0 Å². The highest BCUT2D eigenvalue weighted by atomic mass is 35.5. The van der Waals surface area contributed by atoms with Crippen molar-refractivity contribution < 1.29 is 0 Å². The molecule has 0 aliphatic carbocycles. The summed E-state index contributed by atoms with van der Waals surface area (Å²) in [4.78, 5) is 0. The first-order valence-electron chi connectivity index (χ1n) is 3.13. The molecule has 0 heterocycles. The number of allylic oxidation sites excluding steroid dienone is 2. The zero-order valence-electron chi connectivity index (χ0n) is 5.82. The van der Waals surface area contributed by atoms with Crippen molar-refractivity contribution in [3.8, 4) is 0 Å². The Morgan fingerprint density at radius 2 is 2.11 bits per heavy atom. The van der Waals surface area contributed by atoms with Crippen molar-refractivity contribution in [2.24, 2.45) is 0 Å². The van der Waals surface area contributed by atoms with Gasteiger partial charge in [-0.3, -0.25) is 0 Å². The molecule has 0 radical (unpaired) electrons. The van der Waals surface area contributed by atoms with Gasteiger partial charge in [0.05, 0.1) is 0 Å². The second kappa shape index (κ2) is 5.19. The van der Waals surface area contributed by atoms with E-state index < -0.39 is 0 Å². The standard InChI is InChI=1S/C6H11BCl2/c1-3-4-5-6(2)7(8)9/h5H,3-4H2,1-2H3/b6-5+. The third kappa shape index (κ3) is 4.86. The zero-order chi connectivity index (χ0) is 7.28. The summed E-state index contributed by atoms with van der Waals surface area (Å²) in [5, 5.41) is 0. The number of unbranched alkanes of at least 4 members (excludes halogenated alkanes) is 1. The van der Waals surface area contributed by atoms with Gasteiger partial charge in [0.2, 0.25) is 0 Å². The molecule has 0 aliphatic heterocycles. The molecule has 0 aliphatic rings. The van der Waals surface area contributed by atoms with E-state index in [1.54, 1.807) is 0 Å². The first-order valence-corrected chi connectivity index (χ1v) is 4.00. The molecule has 0 saturated heterocycles. The molecule has 0 aromatic rings. The summed E-state index contributed by atoms with van der Waals surface area (Å²) in [6.07, 6.45) is 4.30. The molecule has 0 fully saturated rings. The van der Waals surface area contributed by atoms with Gasteiger partial charge in [-0.2, -0.15) is 22.9 Å². The van der Waals surface area contributed by atoms with Gasteiger partial charge in [0.15, 0.2) is 0 Å². The van der Waals surface area contributed by atoms with E-state index in [1.807, 2.05) is 6.92 Å². The highest BCUT2D eigenvalue weighted by molar-refractivity contribution is 7.36. The van der Waals surface area contributed by atoms with E-state index in [2.05, 4.69) is 13.0 Å². The molecule has 0 nitrogen and oxygen atoms in total. The molecule has 0 spiro atoms. The van der Waals surface area contributed by atoms with Crippen molar-refractivity contribution in [1.29, 1.82) is 0 Å². The van der Waals surface area contributed by atoms with E-state index in [9.17, 15) is 0 Å². The molecular formula is C6H11BCl2. The average Bonchev–Trinajstić information content (AvgIpc) is 1.82. The van der Waals surface area contributed by atoms with Crippen LogP contribution in [0.3, 0.4) is 0 Å². The fourth-order valence-corrected chi connectivity index (χ4v) is 0.639. The maximum absolute atomic E-state index is 5.56. The normalized spacial score (nSPS) is 11.8. The van der Waals surface area contributed by atoms with Gasteiger partial charge in [0.25, 0.3) is 0 Å². The third-order valence-electron chi connectivity index (χ3n) is 1.10. The van der Waals surface area contributed by atoms with Crippen molar-refractivity contribution in [2.45, 2.75) is 26.7 Å². The van der Waals surface area contributed by atoms with Crippen LogP contribution in [0.1, 0.15) is 26.7 Å². The molecule has 0 bridgehead atoms. The Balaban J connectivity index is 3.55. The van der Waals surface area contributed by atoms with Crippen LogP contribution in [0.15, 0.2) is 11.5 Å². The zero-order valence-corrected chi connectivity index (χ0v) is 7.34. The molecule has 0 amide bonds. The van der Waals surface area contributed by atoms with Crippen molar-refractivity contribution in [1.82, 2.24) is 0 Å². The molecular weight excluding hydrogens is 154 g/mol. The maximum atomic E-state index is 5.56. The number of hydrogen-bond acceptors (Lipinski definition) is 0. The Morgan fingerprint density at radius 1 is 1.56 bits per heavy atom. The predicted octanol–water partition coefficient (Wildman–Crippen LogP) is 3.24. The van der Waals surface area contributed by atoms with Gasteiger partial charge in [-0.1, -0.05) is 24.9 Å². The minimum absolute atomic E-state index is 0.323. The van der Waals surface area contributed by atoms with Crippen LogP contribution in [0.2, 0.25) is 0 Å². The van der Waals surface area contributed by atoms with Crippen molar-refractivity contribution in [3.05, 3.63) is 11.5 Å². The fourth-order valence-electron chi connectivity index (χ4n) is 0.461. The Morgan fingerprint density at radius 3 is 2.44 bits per heavy atom. The van der Waals surface area contributed by atoms with Gasteiger partial charge in [-0.25, -0.2) is 0 Å². The van der Waals surface area contributed by atoms with Crippen molar-refractivity contribution in [2.75, 3.05) is 0 Å². The molecule has 9 heavy (non-hydrogen) atoms. The summed E-state index contributed by atoms with van der Waals surface area (Å²) in [7, 11) is 0. The third-order valence-corrected chi connectivity index (χ3v) is 1.79. The van der Waals surface area contributed by atoms with Gasteiger partial charge in [0.1, 0.15) is 0 Å². The summed E-state index contributed by atoms with van der Waals surface area (Å²) >= 11 is 11.1. The largest absolute Gasteiger partial charge is 0.378 e. The lowest BCUT2D eigenvalue weighted by atomic mass is 9.93. The lowest BCUT2D eigenvalue weighted by Crippen LogP contribution is -1.94. The second-order valence-electron chi connectivity index (χ2n) is 2.04. The van der Waals surface area contributed by atoms with Gasteiger partial charge >= 0.3 is 5.54 Å². The maximum Gasteiger partial charge on any atom is 0.378 e. The molecule has 0 atom stereocenters. The van der Waals surface area contributed by atoms with Crippen LogP contribution in [0.4, 0.5) is 0 Å². The number of hydrogen-bond donors (Lipinski definition) is 0. The molecule has 0 aromatic carbocycles. The molecule has 0 N–H and O–H groups in total. The molecule has 0 unspecified atom stereocenters. The quantitative estimate of drug-likeness (QED) is 0.563. The Labute approximate surface area is 67.1 Å². The van der Waals surface area contributed by atoms with Crippen LogP contribution in [-0.2, 0) is 0 Å². The monoisotopic (exact) mass is 164 g/mol. The van der Waals surface area contributed by atoms with Gasteiger partial charge in [-0.05, 0) is 13.3 Å². The second-order valence-corrected chi connectivity index (χ2v) is 3.13. The first kappa shape index (κ1) is 9.38. The van der Waals surface area contributed by atoms with E-state index in [0.29, 0.717) is 0 Å². The summed E-state index contributed by atoms with van der Waals surface area (Å²) in [6, 6.07) is 0. The summed E-state index contributed by atoms with van der Waals surface area (Å²) in [5.41, 5.74) is 0.733. The Kier molecular flexibility index (Phi) is 5.41. The smallest absolute Gasteiger partial charge is 0.165 e. The minimum Gasteiger partial charge on any atom is -0.165 e. The van der Waals surface area contributed by atoms with Gasteiger partial charge in [-0.15, -0.1) is 0 Å². The number of rotatable bonds is 3. The van der Waals surface area contributed by atoms with Crippen molar-refractivity contribution >= 4 is 28.5 Å². The molecule has 0 rings (SSSR count). The van der Waals surface area contributed by atoms with E-state index in [1.165, 1.54) is 0 Å². The summed E-state index contributed by atoms with van der Waals surface area (Å²) in [5.74, 6) is 0. The van der Waals surface area contributed by atoms with E-state index in [4.69, 9.17) is 22.9 Å². The van der Waals surface area contributed by atoms with Crippen LogP contribution in [0, 0.1) is 0 Å². The Hall–Kier alpha value is 0.385. The Bertz CT molecular complexity index is 99.2. The summed E-state index contributed by atoms with van der Waals surface area (Å²) in [6.45, 7) is 4.07. The molecule has 0 aromatic heterocycles. The summed E-state index contributed by atoms with van der Waals surface area (Å²) < 4.78 is 0. The van der Waals surface area contributed by atoms with Crippen LogP contribution >= 0.6 is 22.9 Å². The molecule has 3 heteroatoms. The molecule has 52 valence electrons.